The van der Waals surface area contributed by atoms with Crippen LogP contribution in [0.3, 0.4) is 0 Å². The van der Waals surface area contributed by atoms with Crippen molar-refractivity contribution in [3.8, 4) is 0 Å². The van der Waals surface area contributed by atoms with E-state index in [0.717, 1.165) is 152 Å². The Kier molecular flexibility index (Phi) is 16.6. The number of nitrogens with zero attached hydrogens (tertiary/aromatic N) is 8. The zero-order valence-corrected chi connectivity index (χ0v) is 49.6. The second-order valence-corrected chi connectivity index (χ2v) is 20.9. The summed E-state index contributed by atoms with van der Waals surface area (Å²) in [7, 11) is 0. The third-order valence-corrected chi connectivity index (χ3v) is 17.2. The summed E-state index contributed by atoms with van der Waals surface area (Å²) >= 11 is 0. The van der Waals surface area contributed by atoms with E-state index in [9.17, 15) is 0 Å². The van der Waals surface area contributed by atoms with E-state index in [1.165, 1.54) is 89.1 Å². The summed E-state index contributed by atoms with van der Waals surface area (Å²) < 4.78 is 0. The Hall–Kier alpha value is -5.76. The first kappa shape index (κ1) is 56.4. The van der Waals surface area contributed by atoms with Gasteiger partial charge in [0, 0.05) is 0 Å². The molecular formula is C66H74Cu2N8. The van der Waals surface area contributed by atoms with Gasteiger partial charge in [0.05, 0.1) is 45.6 Å². The standard InChI is InChI=1S/C66H74N8.2Cu/c1-17-41-35(11)53-29-61-45(21-5)39(15)63(73-61)49(65-47(23-7)37(13)55(71-65)31-59-43(19-3)33(9)51(67-59)27-57(41)69-53)25-26-50-64-40(16)46(22-6)62(74-64)30-54-36(12)42(18-2)58(70-54)28-52-34(10)44(20-4)60(68-52)32-56-38(14)48(24-8)66(50)72-56;;/h27-32H,17-26H2,1-16H3;;/q-4;2*+2. The summed E-state index contributed by atoms with van der Waals surface area (Å²) in [6.07, 6.45) is 8.26. The Balaban J connectivity index is 0.00000383. The Labute approximate surface area is 472 Å². The summed E-state index contributed by atoms with van der Waals surface area (Å²) in [6, 6.07) is 13.4. The fourth-order valence-electron chi connectivity index (χ4n) is 12.8. The van der Waals surface area contributed by atoms with Crippen molar-refractivity contribution in [1.82, 2.24) is 39.9 Å². The molecule has 16 bridgehead atoms. The molecule has 10 rings (SSSR count). The predicted octanol–water partition coefficient (Wildman–Crippen LogP) is 16.1. The number of hydrogen-bond acceptors (Lipinski definition) is 4. The van der Waals surface area contributed by atoms with E-state index in [1.807, 2.05) is 0 Å². The zero-order valence-electron chi connectivity index (χ0n) is 47.7. The average Bonchev–Trinajstić information content (AvgIpc) is 4.26. The first-order valence-corrected chi connectivity index (χ1v) is 27.7. The quantitative estimate of drug-likeness (QED) is 0.118. The molecule has 0 aromatic carbocycles. The summed E-state index contributed by atoms with van der Waals surface area (Å²) in [6.45, 7) is 35.9. The maximum atomic E-state index is 5.71. The number of aromatic nitrogens is 8. The van der Waals surface area contributed by atoms with Crippen molar-refractivity contribution in [2.75, 3.05) is 0 Å². The van der Waals surface area contributed by atoms with Crippen LogP contribution >= 0.6 is 0 Å². The smallest absolute Gasteiger partial charge is 0.657 e. The number of allylic oxidation sites excluding steroid dienone is 8. The van der Waals surface area contributed by atoms with Gasteiger partial charge in [0.15, 0.2) is 0 Å². The van der Waals surface area contributed by atoms with Crippen LogP contribution in [0, 0.1) is 27.7 Å². The molecule has 0 spiro atoms. The van der Waals surface area contributed by atoms with Gasteiger partial charge in [0.2, 0.25) is 0 Å². The molecule has 0 saturated heterocycles. The maximum Gasteiger partial charge on any atom is 2.00 e. The van der Waals surface area contributed by atoms with Gasteiger partial charge in [-0.2, -0.15) is 0 Å². The molecule has 10 heteroatoms. The molecule has 0 amide bonds. The largest absolute Gasteiger partial charge is 2.00 e. The zero-order chi connectivity index (χ0) is 52.6. The van der Waals surface area contributed by atoms with Crippen LogP contribution in [0.2, 0.25) is 0 Å². The molecule has 6 aromatic rings. The van der Waals surface area contributed by atoms with Gasteiger partial charge in [-0.25, -0.2) is 19.9 Å². The van der Waals surface area contributed by atoms with E-state index in [1.54, 1.807) is 0 Å². The van der Waals surface area contributed by atoms with Gasteiger partial charge in [0.1, 0.15) is 0 Å². The fraction of sp³-hybridized carbons (Fsp3) is 0.394. The van der Waals surface area contributed by atoms with E-state index in [4.69, 9.17) is 39.9 Å². The van der Waals surface area contributed by atoms with E-state index in [0.29, 0.717) is 12.8 Å². The number of fused-ring (bicyclic) bond motifs is 16. The van der Waals surface area contributed by atoms with Crippen LogP contribution in [0.4, 0.5) is 0 Å². The third kappa shape index (κ3) is 9.19. The van der Waals surface area contributed by atoms with Gasteiger partial charge >= 0.3 is 34.1 Å². The molecule has 0 N–H and O–H groups in total. The van der Waals surface area contributed by atoms with Crippen molar-refractivity contribution in [1.29, 1.82) is 0 Å². The Bertz CT molecular complexity index is 3600. The van der Waals surface area contributed by atoms with Crippen LogP contribution in [0.25, 0.3) is 88.7 Å². The van der Waals surface area contributed by atoms with Gasteiger partial charge in [-0.3, -0.25) is 0 Å². The monoisotopic (exact) mass is 1100 g/mol. The van der Waals surface area contributed by atoms with Gasteiger partial charge in [-0.15, -0.1) is 44.1 Å². The van der Waals surface area contributed by atoms with Crippen molar-refractivity contribution in [3.05, 3.63) is 138 Å². The van der Waals surface area contributed by atoms with Gasteiger partial charge in [-0.05, 0) is 175 Å². The van der Waals surface area contributed by atoms with Crippen LogP contribution in [0.5, 0.6) is 0 Å². The molecule has 6 aromatic heterocycles. The molecular weight excluding hydrogens is 1030 g/mol. The first-order valence-electron chi connectivity index (χ1n) is 27.7. The third-order valence-electron chi connectivity index (χ3n) is 17.2. The van der Waals surface area contributed by atoms with Gasteiger partial charge in [-0.1, -0.05) is 136 Å². The number of hydrogen-bond donors (Lipinski definition) is 0. The van der Waals surface area contributed by atoms with E-state index < -0.39 is 0 Å². The minimum atomic E-state index is 0. The molecule has 10 heterocycles. The molecule has 0 fully saturated rings. The van der Waals surface area contributed by atoms with E-state index >= 15 is 0 Å². The predicted molar refractivity (Wildman–Crippen MR) is 313 cm³/mol. The summed E-state index contributed by atoms with van der Waals surface area (Å²) in [5, 5.41) is 0. The van der Waals surface area contributed by atoms with Crippen molar-refractivity contribution in [2.45, 2.75) is 175 Å². The number of rotatable bonds is 11. The molecule has 0 aliphatic carbocycles. The SMILES string of the molecule is CCC1=C(C)c2cc3[n-]c(c(C)c3CC)c(CCc3c4nc(cc5[n-]c(cc6nc(cc7[n-]c3c(C)c7CC)C(C)=C6CC)c(C)c5CC)C(C)=C4CC)c3nc(cc4[n-]c(cc1n2)c(C)c4CC)C(C)=C3CC.[Cu+2].[Cu+2]. The summed E-state index contributed by atoms with van der Waals surface area (Å²) in [4.78, 5) is 44.2. The molecule has 4 aliphatic rings. The maximum absolute atomic E-state index is 5.71. The first-order chi connectivity index (χ1) is 35.6. The molecule has 4 aliphatic heterocycles. The molecule has 2 radical (unpaired) electrons. The average molecular weight is 1110 g/mol. The Morgan fingerprint density at radius 3 is 0.882 bits per heavy atom. The second kappa shape index (κ2) is 22.3. The summed E-state index contributed by atoms with van der Waals surface area (Å²) in [5.41, 5.74) is 37.9. The van der Waals surface area contributed by atoms with Crippen LogP contribution < -0.4 is 19.9 Å². The van der Waals surface area contributed by atoms with E-state index in [-0.39, 0.29) is 34.1 Å². The normalized spacial score (nSPS) is 13.6. The topological polar surface area (TPSA) is 108 Å². The van der Waals surface area contributed by atoms with Crippen molar-refractivity contribution < 1.29 is 34.1 Å². The molecule has 76 heavy (non-hydrogen) atoms. The molecule has 0 unspecified atom stereocenters. The second-order valence-electron chi connectivity index (χ2n) is 20.9. The van der Waals surface area contributed by atoms with Gasteiger partial charge < -0.3 is 19.9 Å². The van der Waals surface area contributed by atoms with E-state index in [2.05, 4.69) is 147 Å². The van der Waals surface area contributed by atoms with Crippen LogP contribution in [-0.4, -0.2) is 19.9 Å². The van der Waals surface area contributed by atoms with Gasteiger partial charge in [0.25, 0.3) is 0 Å². The Morgan fingerprint density at radius 2 is 0.566 bits per heavy atom. The van der Waals surface area contributed by atoms with Crippen LogP contribution in [0.15, 0.2) is 36.4 Å². The number of aryl methyl sites for hydroxylation is 10. The molecule has 0 saturated carbocycles. The Morgan fingerprint density at radius 1 is 0.289 bits per heavy atom. The van der Waals surface area contributed by atoms with Crippen LogP contribution in [0.1, 0.15) is 210 Å². The van der Waals surface area contributed by atoms with Crippen molar-refractivity contribution >= 4 is 88.7 Å². The minimum absolute atomic E-state index is 0. The van der Waals surface area contributed by atoms with Crippen LogP contribution in [-0.2, 0) is 72.7 Å². The summed E-state index contributed by atoms with van der Waals surface area (Å²) in [5.74, 6) is 0. The molecule has 8 nitrogen and oxygen atoms in total. The van der Waals surface area contributed by atoms with Crippen molar-refractivity contribution in [3.63, 3.8) is 0 Å². The minimum Gasteiger partial charge on any atom is -0.657 e. The molecule has 400 valence electrons. The fourth-order valence-corrected chi connectivity index (χ4v) is 12.8. The molecule has 0 atom stereocenters. The van der Waals surface area contributed by atoms with Crippen molar-refractivity contribution in [2.24, 2.45) is 0 Å².